The maximum Gasteiger partial charge on any atom is 0.222 e. The Morgan fingerprint density at radius 3 is 2.62 bits per heavy atom. The van der Waals surface area contributed by atoms with Crippen LogP contribution in [-0.2, 0) is 9.53 Å². The number of aliphatic hydroxyl groups excluding tert-OH is 1. The van der Waals surface area contributed by atoms with Crippen molar-refractivity contribution in [3.63, 3.8) is 0 Å². The highest BCUT2D eigenvalue weighted by Crippen LogP contribution is 2.19. The van der Waals surface area contributed by atoms with Gasteiger partial charge in [0, 0.05) is 12.6 Å². The van der Waals surface area contributed by atoms with E-state index >= 15 is 0 Å². The van der Waals surface area contributed by atoms with Gasteiger partial charge in [0.25, 0.3) is 0 Å². The summed E-state index contributed by atoms with van der Waals surface area (Å²) in [6, 6.07) is 0.261. The van der Waals surface area contributed by atoms with Crippen LogP contribution in [0.3, 0.4) is 0 Å². The molecule has 0 aromatic carbocycles. The Balaban J connectivity index is 1.66. The molecule has 2 aliphatic rings. The number of aliphatic hydroxyl groups is 1. The van der Waals surface area contributed by atoms with Gasteiger partial charge in [-0.1, -0.05) is 0 Å². The average Bonchev–Trinajstić information content (AvgIpc) is 2.74. The molecule has 1 saturated carbocycles. The minimum Gasteiger partial charge on any atom is -0.393 e. The Bertz CT molecular complexity index is 230. The first-order valence-corrected chi connectivity index (χ1v) is 6.33. The van der Waals surface area contributed by atoms with Crippen LogP contribution in [0, 0.1) is 0 Å². The monoisotopic (exact) mass is 227 g/mol. The summed E-state index contributed by atoms with van der Waals surface area (Å²) in [5, 5.41) is 12.4. The second-order valence-electron chi connectivity index (χ2n) is 4.91. The van der Waals surface area contributed by atoms with E-state index in [1.54, 1.807) is 0 Å². The zero-order valence-corrected chi connectivity index (χ0v) is 9.65. The van der Waals surface area contributed by atoms with Gasteiger partial charge in [-0.05, 0) is 38.5 Å². The van der Waals surface area contributed by atoms with Crippen molar-refractivity contribution in [2.24, 2.45) is 0 Å². The highest BCUT2D eigenvalue weighted by molar-refractivity contribution is 5.76. The minimum atomic E-state index is -0.161. The fraction of sp³-hybridized carbons (Fsp3) is 0.917. The summed E-state index contributed by atoms with van der Waals surface area (Å²) in [5.41, 5.74) is 0. The van der Waals surface area contributed by atoms with E-state index in [0.717, 1.165) is 45.1 Å². The number of nitrogens with one attached hydrogen (secondary N) is 1. The topological polar surface area (TPSA) is 58.6 Å². The SMILES string of the molecule is O=C(CC1CCCO1)NC1CCC(O)CC1. The van der Waals surface area contributed by atoms with Gasteiger partial charge in [-0.25, -0.2) is 0 Å². The van der Waals surface area contributed by atoms with E-state index in [4.69, 9.17) is 4.74 Å². The lowest BCUT2D eigenvalue weighted by atomic mass is 9.93. The quantitative estimate of drug-likeness (QED) is 0.755. The Hall–Kier alpha value is -0.610. The molecule has 0 aromatic heterocycles. The smallest absolute Gasteiger partial charge is 0.222 e. The molecule has 0 bridgehead atoms. The standard InChI is InChI=1S/C12H21NO3/c14-10-5-3-9(4-6-10)13-12(15)8-11-2-1-7-16-11/h9-11,14H,1-8H2,(H,13,15). The van der Waals surface area contributed by atoms with Gasteiger partial charge in [0.1, 0.15) is 0 Å². The molecule has 1 saturated heterocycles. The van der Waals surface area contributed by atoms with Crippen molar-refractivity contribution in [3.8, 4) is 0 Å². The van der Waals surface area contributed by atoms with Gasteiger partial charge in [-0.2, -0.15) is 0 Å². The largest absolute Gasteiger partial charge is 0.393 e. The molecule has 2 fully saturated rings. The Morgan fingerprint density at radius 2 is 2.00 bits per heavy atom. The van der Waals surface area contributed by atoms with Crippen molar-refractivity contribution in [2.45, 2.75) is 63.2 Å². The van der Waals surface area contributed by atoms with Crippen LogP contribution < -0.4 is 5.32 Å². The first-order valence-electron chi connectivity index (χ1n) is 6.33. The summed E-state index contributed by atoms with van der Waals surface area (Å²) in [5.74, 6) is 0.105. The molecule has 1 unspecified atom stereocenters. The van der Waals surface area contributed by atoms with Crippen LogP contribution in [0.1, 0.15) is 44.9 Å². The first-order chi connectivity index (χ1) is 7.74. The van der Waals surface area contributed by atoms with E-state index in [1.807, 2.05) is 0 Å². The van der Waals surface area contributed by atoms with Crippen LogP contribution in [0.5, 0.6) is 0 Å². The summed E-state index contributed by atoms with van der Waals surface area (Å²) in [4.78, 5) is 11.7. The van der Waals surface area contributed by atoms with Gasteiger partial charge in [0.2, 0.25) is 5.91 Å². The van der Waals surface area contributed by atoms with Gasteiger partial charge in [-0.15, -0.1) is 0 Å². The molecule has 1 amide bonds. The van der Waals surface area contributed by atoms with Crippen molar-refractivity contribution in [3.05, 3.63) is 0 Å². The zero-order valence-electron chi connectivity index (χ0n) is 9.65. The van der Waals surface area contributed by atoms with Crippen molar-refractivity contribution in [2.75, 3.05) is 6.61 Å². The maximum absolute atomic E-state index is 11.7. The van der Waals surface area contributed by atoms with Gasteiger partial charge in [-0.3, -0.25) is 4.79 Å². The van der Waals surface area contributed by atoms with E-state index in [0.29, 0.717) is 6.42 Å². The van der Waals surface area contributed by atoms with E-state index in [9.17, 15) is 9.90 Å². The van der Waals surface area contributed by atoms with Crippen molar-refractivity contribution < 1.29 is 14.6 Å². The van der Waals surface area contributed by atoms with E-state index in [-0.39, 0.29) is 24.2 Å². The highest BCUT2D eigenvalue weighted by Gasteiger charge is 2.23. The van der Waals surface area contributed by atoms with Crippen molar-refractivity contribution >= 4 is 5.91 Å². The number of amides is 1. The van der Waals surface area contributed by atoms with Gasteiger partial charge < -0.3 is 15.2 Å². The summed E-state index contributed by atoms with van der Waals surface area (Å²) in [7, 11) is 0. The third kappa shape index (κ3) is 3.46. The van der Waals surface area contributed by atoms with Crippen LogP contribution >= 0.6 is 0 Å². The lowest BCUT2D eigenvalue weighted by Gasteiger charge is -2.26. The number of ether oxygens (including phenoxy) is 1. The fourth-order valence-corrected chi connectivity index (χ4v) is 2.52. The van der Waals surface area contributed by atoms with Crippen molar-refractivity contribution in [1.29, 1.82) is 0 Å². The molecule has 0 spiro atoms. The summed E-state index contributed by atoms with van der Waals surface area (Å²) in [6.45, 7) is 0.799. The molecule has 4 nitrogen and oxygen atoms in total. The lowest BCUT2D eigenvalue weighted by molar-refractivity contribution is -0.124. The molecule has 1 heterocycles. The third-order valence-corrected chi connectivity index (χ3v) is 3.50. The van der Waals surface area contributed by atoms with E-state index < -0.39 is 0 Å². The number of carbonyl (C=O) groups excluding carboxylic acids is 1. The lowest BCUT2D eigenvalue weighted by Crippen LogP contribution is -2.39. The molecule has 92 valence electrons. The van der Waals surface area contributed by atoms with Crippen molar-refractivity contribution in [1.82, 2.24) is 5.32 Å². The van der Waals surface area contributed by atoms with E-state index in [1.165, 1.54) is 0 Å². The van der Waals surface area contributed by atoms with Crippen LogP contribution in [0.2, 0.25) is 0 Å². The molecule has 1 aliphatic heterocycles. The minimum absolute atomic E-state index is 0.105. The molecule has 4 heteroatoms. The molecule has 0 aromatic rings. The van der Waals surface area contributed by atoms with Gasteiger partial charge in [0.15, 0.2) is 0 Å². The van der Waals surface area contributed by atoms with Crippen LogP contribution in [0.25, 0.3) is 0 Å². The normalized spacial score (nSPS) is 34.9. The molecule has 2 rings (SSSR count). The van der Waals surface area contributed by atoms with E-state index in [2.05, 4.69) is 5.32 Å². The number of rotatable bonds is 3. The number of hydrogen-bond donors (Lipinski definition) is 2. The molecule has 2 N–H and O–H groups in total. The predicted molar refractivity (Wildman–Crippen MR) is 60.0 cm³/mol. The fourth-order valence-electron chi connectivity index (χ4n) is 2.52. The van der Waals surface area contributed by atoms with Crippen LogP contribution in [0.4, 0.5) is 0 Å². The second kappa shape index (κ2) is 5.64. The molecular formula is C12H21NO3. The van der Waals surface area contributed by atoms with Crippen LogP contribution in [0.15, 0.2) is 0 Å². The Morgan fingerprint density at radius 1 is 1.25 bits per heavy atom. The molecule has 1 aliphatic carbocycles. The van der Waals surface area contributed by atoms with Gasteiger partial charge >= 0.3 is 0 Å². The molecule has 0 radical (unpaired) electrons. The number of carbonyl (C=O) groups is 1. The molecular weight excluding hydrogens is 206 g/mol. The number of hydrogen-bond acceptors (Lipinski definition) is 3. The average molecular weight is 227 g/mol. The predicted octanol–water partition coefficient (Wildman–Crippen LogP) is 0.975. The molecule has 16 heavy (non-hydrogen) atoms. The second-order valence-corrected chi connectivity index (χ2v) is 4.91. The maximum atomic E-state index is 11.7. The summed E-state index contributed by atoms with van der Waals surface area (Å²) in [6.07, 6.45) is 5.98. The Labute approximate surface area is 96.4 Å². The first kappa shape index (κ1) is 11.9. The molecule has 1 atom stereocenters. The van der Waals surface area contributed by atoms with Gasteiger partial charge in [0.05, 0.1) is 18.6 Å². The zero-order chi connectivity index (χ0) is 11.4. The Kier molecular flexibility index (Phi) is 4.18. The van der Waals surface area contributed by atoms with Crippen LogP contribution in [-0.4, -0.2) is 35.9 Å². The summed E-state index contributed by atoms with van der Waals surface area (Å²) >= 11 is 0. The third-order valence-electron chi connectivity index (χ3n) is 3.50. The summed E-state index contributed by atoms with van der Waals surface area (Å²) < 4.78 is 5.43. The highest BCUT2D eigenvalue weighted by atomic mass is 16.5.